The lowest BCUT2D eigenvalue weighted by Crippen LogP contribution is -1.99. The number of rotatable bonds is 9. The third-order valence-corrected chi connectivity index (χ3v) is 2.88. The summed E-state index contributed by atoms with van der Waals surface area (Å²) < 4.78 is 10.9. The van der Waals surface area contributed by atoms with Gasteiger partial charge in [0.15, 0.2) is 0 Å². The van der Waals surface area contributed by atoms with Gasteiger partial charge < -0.3 is 14.6 Å². The summed E-state index contributed by atoms with van der Waals surface area (Å²) in [6, 6.07) is 5.35. The highest BCUT2D eigenvalue weighted by Crippen LogP contribution is 2.26. The van der Waals surface area contributed by atoms with Crippen LogP contribution >= 0.6 is 0 Å². The molecular formula is C16H22O4. The van der Waals surface area contributed by atoms with E-state index in [1.165, 1.54) is 18.9 Å². The van der Waals surface area contributed by atoms with Crippen LogP contribution in [0.1, 0.15) is 38.2 Å². The van der Waals surface area contributed by atoms with E-state index in [9.17, 15) is 4.79 Å². The molecule has 110 valence electrons. The first-order valence-corrected chi connectivity index (χ1v) is 6.89. The SMILES string of the molecule is CCCCCCOc1cc(OC)ccc1/C=C/C(=O)O. The Bertz CT molecular complexity index is 452. The smallest absolute Gasteiger partial charge is 0.328 e. The molecule has 0 aliphatic carbocycles. The first-order chi connectivity index (χ1) is 9.67. The van der Waals surface area contributed by atoms with Crippen molar-refractivity contribution >= 4 is 12.0 Å². The van der Waals surface area contributed by atoms with Crippen LogP contribution < -0.4 is 9.47 Å². The number of ether oxygens (including phenoxy) is 2. The lowest BCUT2D eigenvalue weighted by Gasteiger charge is -2.11. The Hall–Kier alpha value is -1.97. The van der Waals surface area contributed by atoms with Crippen molar-refractivity contribution in [2.45, 2.75) is 32.6 Å². The molecule has 20 heavy (non-hydrogen) atoms. The van der Waals surface area contributed by atoms with Crippen LogP contribution in [-0.4, -0.2) is 24.8 Å². The Labute approximate surface area is 120 Å². The largest absolute Gasteiger partial charge is 0.497 e. The van der Waals surface area contributed by atoms with Gasteiger partial charge in [-0.15, -0.1) is 0 Å². The van der Waals surface area contributed by atoms with E-state index in [1.807, 2.05) is 0 Å². The Kier molecular flexibility index (Phi) is 7.25. The molecule has 0 spiro atoms. The van der Waals surface area contributed by atoms with Gasteiger partial charge in [-0.2, -0.15) is 0 Å². The summed E-state index contributed by atoms with van der Waals surface area (Å²) in [5.41, 5.74) is 0.740. The van der Waals surface area contributed by atoms with Gasteiger partial charge >= 0.3 is 5.97 Å². The minimum Gasteiger partial charge on any atom is -0.497 e. The number of hydrogen-bond donors (Lipinski definition) is 1. The Balaban J connectivity index is 2.70. The van der Waals surface area contributed by atoms with E-state index < -0.39 is 5.97 Å². The van der Waals surface area contributed by atoms with Crippen molar-refractivity contribution in [1.29, 1.82) is 0 Å². The van der Waals surface area contributed by atoms with E-state index in [-0.39, 0.29) is 0 Å². The highest BCUT2D eigenvalue weighted by molar-refractivity contribution is 5.86. The molecule has 0 radical (unpaired) electrons. The number of methoxy groups -OCH3 is 1. The van der Waals surface area contributed by atoms with E-state index in [4.69, 9.17) is 14.6 Å². The third-order valence-electron chi connectivity index (χ3n) is 2.88. The van der Waals surface area contributed by atoms with Gasteiger partial charge in [0.2, 0.25) is 0 Å². The fraction of sp³-hybridized carbons (Fsp3) is 0.438. The second kappa shape index (κ2) is 9.02. The van der Waals surface area contributed by atoms with Crippen molar-refractivity contribution in [3.63, 3.8) is 0 Å². The van der Waals surface area contributed by atoms with Crippen molar-refractivity contribution in [1.82, 2.24) is 0 Å². The van der Waals surface area contributed by atoms with Crippen LogP contribution in [0.4, 0.5) is 0 Å². The molecule has 0 saturated carbocycles. The average molecular weight is 278 g/mol. The van der Waals surface area contributed by atoms with Crippen molar-refractivity contribution < 1.29 is 19.4 Å². The first-order valence-electron chi connectivity index (χ1n) is 6.89. The second-order valence-electron chi connectivity index (χ2n) is 4.48. The van der Waals surface area contributed by atoms with Crippen LogP contribution in [0.25, 0.3) is 6.08 Å². The number of carboxylic acid groups (broad SMARTS) is 1. The Morgan fingerprint density at radius 3 is 2.75 bits per heavy atom. The molecule has 1 N–H and O–H groups in total. The predicted molar refractivity (Wildman–Crippen MR) is 79.3 cm³/mol. The Morgan fingerprint density at radius 2 is 2.10 bits per heavy atom. The molecule has 0 aliphatic rings. The molecule has 0 atom stereocenters. The lowest BCUT2D eigenvalue weighted by molar-refractivity contribution is -0.131. The summed E-state index contributed by atoms with van der Waals surface area (Å²) in [6.07, 6.45) is 7.15. The molecule has 1 rings (SSSR count). The van der Waals surface area contributed by atoms with E-state index in [2.05, 4.69) is 6.92 Å². The highest BCUT2D eigenvalue weighted by Gasteiger charge is 2.04. The summed E-state index contributed by atoms with van der Waals surface area (Å²) in [5, 5.41) is 8.69. The molecule has 4 nitrogen and oxygen atoms in total. The van der Waals surface area contributed by atoms with Crippen molar-refractivity contribution in [2.24, 2.45) is 0 Å². The summed E-state index contributed by atoms with van der Waals surface area (Å²) in [7, 11) is 1.59. The number of unbranched alkanes of at least 4 members (excludes halogenated alkanes) is 3. The van der Waals surface area contributed by atoms with Crippen LogP contribution in [0.15, 0.2) is 24.3 Å². The fourth-order valence-electron chi connectivity index (χ4n) is 1.78. The van der Waals surface area contributed by atoms with Gasteiger partial charge in [0.1, 0.15) is 11.5 Å². The van der Waals surface area contributed by atoms with E-state index in [1.54, 1.807) is 25.3 Å². The maximum Gasteiger partial charge on any atom is 0.328 e. The van der Waals surface area contributed by atoms with E-state index >= 15 is 0 Å². The topological polar surface area (TPSA) is 55.8 Å². The van der Waals surface area contributed by atoms with Gasteiger partial charge in [0, 0.05) is 17.7 Å². The van der Waals surface area contributed by atoms with Crippen LogP contribution in [0.5, 0.6) is 11.5 Å². The molecule has 1 aromatic carbocycles. The quantitative estimate of drug-likeness (QED) is 0.552. The summed E-state index contributed by atoms with van der Waals surface area (Å²) in [6.45, 7) is 2.79. The zero-order chi connectivity index (χ0) is 14.8. The molecule has 0 amide bonds. The first kappa shape index (κ1) is 16.1. The van der Waals surface area contributed by atoms with Gasteiger partial charge in [0.05, 0.1) is 13.7 Å². The summed E-state index contributed by atoms with van der Waals surface area (Å²) in [5.74, 6) is 0.370. The molecule has 0 saturated heterocycles. The van der Waals surface area contributed by atoms with Gasteiger partial charge in [-0.3, -0.25) is 0 Å². The highest BCUT2D eigenvalue weighted by atomic mass is 16.5. The number of aliphatic carboxylic acids is 1. The number of carboxylic acids is 1. The minimum atomic E-state index is -0.977. The van der Waals surface area contributed by atoms with Crippen LogP contribution in [-0.2, 0) is 4.79 Å². The molecule has 4 heteroatoms. The normalized spacial score (nSPS) is 10.7. The summed E-state index contributed by atoms with van der Waals surface area (Å²) >= 11 is 0. The van der Waals surface area contributed by atoms with E-state index in [0.29, 0.717) is 18.1 Å². The lowest BCUT2D eigenvalue weighted by atomic mass is 10.1. The molecule has 0 heterocycles. The van der Waals surface area contributed by atoms with Crippen molar-refractivity contribution in [3.05, 3.63) is 29.8 Å². The van der Waals surface area contributed by atoms with Gasteiger partial charge in [-0.25, -0.2) is 4.79 Å². The maximum absolute atomic E-state index is 10.6. The standard InChI is InChI=1S/C16H22O4/c1-3-4-5-6-11-20-15-12-14(19-2)9-7-13(15)8-10-16(17)18/h7-10,12H,3-6,11H2,1-2H3,(H,17,18)/b10-8+. The molecule has 0 aliphatic heterocycles. The average Bonchev–Trinajstić information content (AvgIpc) is 2.45. The molecular weight excluding hydrogens is 256 g/mol. The number of hydrogen-bond acceptors (Lipinski definition) is 3. The second-order valence-corrected chi connectivity index (χ2v) is 4.48. The molecule has 0 aromatic heterocycles. The van der Waals surface area contributed by atoms with Gasteiger partial charge in [-0.05, 0) is 24.6 Å². The fourth-order valence-corrected chi connectivity index (χ4v) is 1.78. The third kappa shape index (κ3) is 5.78. The van der Waals surface area contributed by atoms with Crippen molar-refractivity contribution in [3.8, 4) is 11.5 Å². The maximum atomic E-state index is 10.6. The van der Waals surface area contributed by atoms with Crippen LogP contribution in [0, 0.1) is 0 Å². The molecule has 0 fully saturated rings. The van der Waals surface area contributed by atoms with Crippen molar-refractivity contribution in [2.75, 3.05) is 13.7 Å². The number of carbonyl (C=O) groups is 1. The monoisotopic (exact) mass is 278 g/mol. The van der Waals surface area contributed by atoms with Gasteiger partial charge in [0.25, 0.3) is 0 Å². The number of benzene rings is 1. The zero-order valence-electron chi connectivity index (χ0n) is 12.1. The van der Waals surface area contributed by atoms with Gasteiger partial charge in [-0.1, -0.05) is 26.2 Å². The molecule has 1 aromatic rings. The Morgan fingerprint density at radius 1 is 1.30 bits per heavy atom. The van der Waals surface area contributed by atoms with Crippen LogP contribution in [0.2, 0.25) is 0 Å². The zero-order valence-corrected chi connectivity index (χ0v) is 12.1. The summed E-state index contributed by atoms with van der Waals surface area (Å²) in [4.78, 5) is 10.6. The minimum absolute atomic E-state index is 0.626. The predicted octanol–water partition coefficient (Wildman–Crippen LogP) is 3.75. The molecule has 0 bridgehead atoms. The van der Waals surface area contributed by atoms with Crippen LogP contribution in [0.3, 0.4) is 0 Å². The van der Waals surface area contributed by atoms with E-state index in [0.717, 1.165) is 24.5 Å². The molecule has 0 unspecified atom stereocenters.